The van der Waals surface area contributed by atoms with Gasteiger partial charge < -0.3 is 9.84 Å². The van der Waals surface area contributed by atoms with Crippen molar-refractivity contribution in [1.82, 2.24) is 0 Å². The zero-order chi connectivity index (χ0) is 19.7. The number of allylic oxidation sites excluding steroid dienone is 2. The Bertz CT molecular complexity index is 393. The predicted octanol–water partition coefficient (Wildman–Crippen LogP) is 6.43. The van der Waals surface area contributed by atoms with E-state index in [1.54, 1.807) is 0 Å². The molecule has 0 unspecified atom stereocenters. The third-order valence-electron chi connectivity index (χ3n) is 4.10. The van der Waals surface area contributed by atoms with E-state index in [1.807, 2.05) is 20.8 Å². The Morgan fingerprint density at radius 3 is 1.62 bits per heavy atom. The summed E-state index contributed by atoms with van der Waals surface area (Å²) in [4.78, 5) is 21.9. The predicted molar refractivity (Wildman–Crippen MR) is 107 cm³/mol. The highest BCUT2D eigenvalue weighted by Crippen LogP contribution is 2.12. The van der Waals surface area contributed by atoms with Crippen LogP contribution in [0.3, 0.4) is 0 Å². The van der Waals surface area contributed by atoms with Gasteiger partial charge in [-0.2, -0.15) is 0 Å². The van der Waals surface area contributed by atoms with Crippen LogP contribution in [0.5, 0.6) is 0 Å². The summed E-state index contributed by atoms with van der Waals surface area (Å²) < 4.78 is 5.29. The molecule has 0 rings (SSSR count). The lowest BCUT2D eigenvalue weighted by atomic mass is 10.1. The van der Waals surface area contributed by atoms with Crippen LogP contribution in [0.4, 0.5) is 0 Å². The lowest BCUT2D eigenvalue weighted by molar-refractivity contribution is -0.155. The van der Waals surface area contributed by atoms with Crippen molar-refractivity contribution in [3.8, 4) is 0 Å². The molecule has 1 N–H and O–H groups in total. The molecule has 0 atom stereocenters. The molecule has 152 valence electrons. The van der Waals surface area contributed by atoms with Crippen molar-refractivity contribution in [2.75, 3.05) is 0 Å². The van der Waals surface area contributed by atoms with Gasteiger partial charge in [-0.15, -0.1) is 0 Å². The van der Waals surface area contributed by atoms with Crippen molar-refractivity contribution in [3.63, 3.8) is 0 Å². The van der Waals surface area contributed by atoms with Gasteiger partial charge in [-0.1, -0.05) is 50.7 Å². The van der Waals surface area contributed by atoms with E-state index in [1.165, 1.54) is 32.1 Å². The smallest absolute Gasteiger partial charge is 0.306 e. The quantitative estimate of drug-likeness (QED) is 0.194. The van der Waals surface area contributed by atoms with Crippen molar-refractivity contribution in [2.24, 2.45) is 0 Å². The molecule has 0 aromatic carbocycles. The van der Waals surface area contributed by atoms with Crippen LogP contribution < -0.4 is 0 Å². The van der Waals surface area contributed by atoms with Gasteiger partial charge in [0.05, 0.1) is 0 Å². The Morgan fingerprint density at radius 1 is 0.731 bits per heavy atom. The highest BCUT2D eigenvalue weighted by molar-refractivity contribution is 5.69. The Hall–Kier alpha value is -1.32. The lowest BCUT2D eigenvalue weighted by Crippen LogP contribution is -2.23. The molecule has 0 aliphatic rings. The van der Waals surface area contributed by atoms with E-state index in [9.17, 15) is 9.59 Å². The van der Waals surface area contributed by atoms with Crippen molar-refractivity contribution < 1.29 is 19.4 Å². The molecule has 0 bridgehead atoms. The molecule has 0 heterocycles. The van der Waals surface area contributed by atoms with Crippen molar-refractivity contribution in [3.05, 3.63) is 12.2 Å². The van der Waals surface area contributed by atoms with Crippen LogP contribution in [0.1, 0.15) is 111 Å². The summed E-state index contributed by atoms with van der Waals surface area (Å²) in [5.41, 5.74) is -0.371. The van der Waals surface area contributed by atoms with Crippen LogP contribution in [-0.2, 0) is 14.3 Å². The molecule has 4 nitrogen and oxygen atoms in total. The highest BCUT2D eigenvalue weighted by Gasteiger charge is 2.15. The van der Waals surface area contributed by atoms with Crippen molar-refractivity contribution >= 4 is 11.9 Å². The van der Waals surface area contributed by atoms with Crippen LogP contribution in [0.15, 0.2) is 12.2 Å². The average Bonchev–Trinajstić information content (AvgIpc) is 2.52. The molecule has 0 radical (unpaired) electrons. The number of ether oxygens (including phenoxy) is 1. The Morgan fingerprint density at radius 2 is 1.15 bits per heavy atom. The lowest BCUT2D eigenvalue weighted by Gasteiger charge is -2.19. The molecule has 0 saturated carbocycles. The van der Waals surface area contributed by atoms with Crippen molar-refractivity contribution in [1.29, 1.82) is 0 Å². The summed E-state index contributed by atoms with van der Waals surface area (Å²) in [5.74, 6) is -0.765. The van der Waals surface area contributed by atoms with Gasteiger partial charge in [0.15, 0.2) is 0 Å². The number of carbonyl (C=O) groups excluding carboxylic acids is 1. The number of hydrogen-bond acceptors (Lipinski definition) is 3. The van der Waals surface area contributed by atoms with E-state index >= 15 is 0 Å². The minimum Gasteiger partial charge on any atom is -0.481 e. The summed E-state index contributed by atoms with van der Waals surface area (Å²) >= 11 is 0. The number of carboxylic acid groups (broad SMARTS) is 1. The summed E-state index contributed by atoms with van der Waals surface area (Å²) in [6.45, 7) is 5.71. The average molecular weight is 369 g/mol. The van der Waals surface area contributed by atoms with Gasteiger partial charge in [-0.25, -0.2) is 0 Å². The van der Waals surface area contributed by atoms with Crippen LogP contribution >= 0.6 is 0 Å². The van der Waals surface area contributed by atoms with E-state index in [0.29, 0.717) is 12.8 Å². The topological polar surface area (TPSA) is 63.6 Å². The maximum Gasteiger partial charge on any atom is 0.306 e. The molecule has 0 spiro atoms. The van der Waals surface area contributed by atoms with Crippen LogP contribution in [0, 0.1) is 0 Å². The number of rotatable bonds is 16. The second-order valence-corrected chi connectivity index (χ2v) is 8.06. The zero-order valence-electron chi connectivity index (χ0n) is 17.2. The molecular formula is C22H40O4. The zero-order valence-corrected chi connectivity index (χ0v) is 17.2. The highest BCUT2D eigenvalue weighted by atomic mass is 16.6. The molecule has 0 aliphatic carbocycles. The molecule has 0 aliphatic heterocycles. The maximum absolute atomic E-state index is 11.6. The molecule has 0 saturated heterocycles. The van der Waals surface area contributed by atoms with Gasteiger partial charge in [0, 0.05) is 12.8 Å². The second-order valence-electron chi connectivity index (χ2n) is 8.06. The second kappa shape index (κ2) is 15.9. The minimum atomic E-state index is -0.684. The van der Waals surface area contributed by atoms with Crippen LogP contribution in [-0.4, -0.2) is 22.6 Å². The van der Waals surface area contributed by atoms with E-state index in [0.717, 1.165) is 44.9 Å². The normalized spacial score (nSPS) is 11.8. The number of unbranched alkanes of at least 4 members (excludes halogenated alkanes) is 10. The first-order valence-corrected chi connectivity index (χ1v) is 10.4. The minimum absolute atomic E-state index is 0.0812. The molecule has 0 aromatic heterocycles. The number of hydrogen-bond donors (Lipinski definition) is 1. The monoisotopic (exact) mass is 368 g/mol. The fourth-order valence-corrected chi connectivity index (χ4v) is 2.76. The molecule has 0 aromatic rings. The Balaban J connectivity index is 3.26. The van der Waals surface area contributed by atoms with E-state index in [4.69, 9.17) is 9.84 Å². The fourth-order valence-electron chi connectivity index (χ4n) is 2.76. The first-order chi connectivity index (χ1) is 12.3. The third-order valence-corrected chi connectivity index (χ3v) is 4.10. The summed E-state index contributed by atoms with van der Waals surface area (Å²) in [6.07, 6.45) is 18.7. The fraction of sp³-hybridized carbons (Fsp3) is 0.818. The third kappa shape index (κ3) is 20.7. The Kier molecular flexibility index (Phi) is 15.1. The number of carbonyl (C=O) groups is 2. The number of carboxylic acids is 1. The van der Waals surface area contributed by atoms with Crippen molar-refractivity contribution in [2.45, 2.75) is 116 Å². The summed E-state index contributed by atoms with van der Waals surface area (Å²) in [7, 11) is 0. The van der Waals surface area contributed by atoms with Gasteiger partial charge in [-0.05, 0) is 59.3 Å². The molecule has 26 heavy (non-hydrogen) atoms. The molecular weight excluding hydrogens is 328 g/mol. The first-order valence-electron chi connectivity index (χ1n) is 10.4. The summed E-state index contributed by atoms with van der Waals surface area (Å²) in [6, 6.07) is 0. The standard InChI is InChI=1S/C22H40O4/c1-22(2,3)26-21(25)19-17-15-13-11-9-7-5-4-6-8-10-12-14-16-18-20(23)24/h4-5H,6-19H2,1-3H3,(H,23,24). The van der Waals surface area contributed by atoms with Gasteiger partial charge in [0.25, 0.3) is 0 Å². The number of esters is 1. The van der Waals surface area contributed by atoms with Gasteiger partial charge in [-0.3, -0.25) is 9.59 Å². The molecule has 4 heteroatoms. The van der Waals surface area contributed by atoms with Crippen LogP contribution in [0.2, 0.25) is 0 Å². The van der Waals surface area contributed by atoms with Gasteiger partial charge in [0.1, 0.15) is 5.60 Å². The Labute approximate surface area is 160 Å². The summed E-state index contributed by atoms with van der Waals surface area (Å²) in [5, 5.41) is 8.55. The van der Waals surface area contributed by atoms with E-state index in [2.05, 4.69) is 12.2 Å². The molecule has 0 fully saturated rings. The molecule has 0 amide bonds. The van der Waals surface area contributed by atoms with Crippen LogP contribution in [0.25, 0.3) is 0 Å². The maximum atomic E-state index is 11.6. The van der Waals surface area contributed by atoms with E-state index in [-0.39, 0.29) is 11.6 Å². The van der Waals surface area contributed by atoms with Gasteiger partial charge in [0.2, 0.25) is 0 Å². The first kappa shape index (κ1) is 24.7. The SMILES string of the molecule is CC(C)(C)OC(=O)CCCCCCCC=CCCCCCCCC(=O)O. The number of aliphatic carboxylic acids is 1. The largest absolute Gasteiger partial charge is 0.481 e. The van der Waals surface area contributed by atoms with Gasteiger partial charge >= 0.3 is 11.9 Å². The van der Waals surface area contributed by atoms with E-state index < -0.39 is 5.97 Å².